The molecule has 1 saturated carbocycles. The molecule has 2 aliphatic heterocycles. The number of carbonyl (C=O) groups is 2. The van der Waals surface area contributed by atoms with Crippen LogP contribution in [-0.2, 0) is 9.59 Å². The number of aldehydes is 1. The van der Waals surface area contributed by atoms with Crippen molar-refractivity contribution in [3.05, 3.63) is 0 Å². The lowest BCUT2D eigenvalue weighted by Gasteiger charge is -2.47. The van der Waals surface area contributed by atoms with Crippen molar-refractivity contribution in [1.82, 2.24) is 9.80 Å². The Morgan fingerprint density at radius 1 is 0.955 bits per heavy atom. The molecule has 2 saturated heterocycles. The van der Waals surface area contributed by atoms with Gasteiger partial charge in [-0.05, 0) is 76.9 Å². The van der Waals surface area contributed by atoms with Crippen LogP contribution in [-0.4, -0.2) is 55.2 Å². The lowest BCUT2D eigenvalue weighted by atomic mass is 9.71. The molecule has 0 radical (unpaired) electrons. The molecule has 4 nitrogen and oxygen atoms in total. The molecule has 0 aromatic heterocycles. The van der Waals surface area contributed by atoms with Gasteiger partial charge in [0.2, 0.25) is 5.91 Å². The second kappa shape index (κ2) is 6.69. The highest BCUT2D eigenvalue weighted by Gasteiger charge is 2.39. The van der Waals surface area contributed by atoms with Crippen molar-refractivity contribution in [2.24, 2.45) is 17.3 Å². The third-order valence-electron chi connectivity index (χ3n) is 6.50. The highest BCUT2D eigenvalue weighted by molar-refractivity contribution is 5.79. The summed E-state index contributed by atoms with van der Waals surface area (Å²) in [5, 5.41) is 0. The van der Waals surface area contributed by atoms with Crippen LogP contribution < -0.4 is 0 Å². The molecular formula is C18H30N2O2. The van der Waals surface area contributed by atoms with Gasteiger partial charge in [0.1, 0.15) is 6.29 Å². The highest BCUT2D eigenvalue weighted by atomic mass is 16.2. The van der Waals surface area contributed by atoms with E-state index in [1.54, 1.807) is 0 Å². The van der Waals surface area contributed by atoms with Crippen LogP contribution in [0.3, 0.4) is 0 Å². The molecule has 3 rings (SSSR count). The van der Waals surface area contributed by atoms with Gasteiger partial charge in [0.05, 0.1) is 0 Å². The Labute approximate surface area is 134 Å². The van der Waals surface area contributed by atoms with Crippen LogP contribution in [0.15, 0.2) is 0 Å². The summed E-state index contributed by atoms with van der Waals surface area (Å²) in [7, 11) is 2.21. The number of piperidine rings is 2. The van der Waals surface area contributed by atoms with E-state index in [1.807, 2.05) is 0 Å². The second-order valence-corrected chi connectivity index (χ2v) is 7.88. The maximum Gasteiger partial charge on any atom is 0.225 e. The van der Waals surface area contributed by atoms with Crippen LogP contribution >= 0.6 is 0 Å². The molecule has 1 aliphatic carbocycles. The summed E-state index contributed by atoms with van der Waals surface area (Å²) in [6, 6.07) is 0. The topological polar surface area (TPSA) is 40.6 Å². The number of carbonyl (C=O) groups excluding carboxylic acids is 2. The van der Waals surface area contributed by atoms with Gasteiger partial charge in [-0.3, -0.25) is 4.79 Å². The van der Waals surface area contributed by atoms with E-state index in [9.17, 15) is 9.59 Å². The smallest absolute Gasteiger partial charge is 0.225 e. The number of hydrogen-bond acceptors (Lipinski definition) is 3. The average Bonchev–Trinajstić information content (AvgIpc) is 2.58. The third kappa shape index (κ3) is 3.37. The normalized spacial score (nSPS) is 32.9. The number of hydrogen-bond donors (Lipinski definition) is 0. The fraction of sp³-hybridized carbons (Fsp3) is 0.889. The number of amides is 1. The van der Waals surface area contributed by atoms with Crippen molar-refractivity contribution in [2.45, 2.75) is 51.4 Å². The Balaban J connectivity index is 1.49. The molecule has 0 unspecified atom stereocenters. The van der Waals surface area contributed by atoms with Gasteiger partial charge in [0.15, 0.2) is 0 Å². The minimum absolute atomic E-state index is 0.183. The van der Waals surface area contributed by atoms with Crippen LogP contribution in [0.2, 0.25) is 0 Å². The lowest BCUT2D eigenvalue weighted by Crippen LogP contribution is -2.49. The van der Waals surface area contributed by atoms with Crippen LogP contribution in [0, 0.1) is 17.3 Å². The summed E-state index contributed by atoms with van der Waals surface area (Å²) in [4.78, 5) is 28.1. The van der Waals surface area contributed by atoms with Crippen molar-refractivity contribution < 1.29 is 9.59 Å². The SMILES string of the molecule is CN1CCC2(CC1)CCN(C(=O)C1CCC(C=O)CC1)CC2. The fourth-order valence-corrected chi connectivity index (χ4v) is 4.55. The minimum Gasteiger partial charge on any atom is -0.342 e. The van der Waals surface area contributed by atoms with E-state index in [-0.39, 0.29) is 11.8 Å². The summed E-state index contributed by atoms with van der Waals surface area (Å²) in [5.74, 6) is 0.753. The van der Waals surface area contributed by atoms with Gasteiger partial charge in [0, 0.05) is 24.9 Å². The predicted molar refractivity (Wildman–Crippen MR) is 86.5 cm³/mol. The van der Waals surface area contributed by atoms with Gasteiger partial charge < -0.3 is 14.6 Å². The first-order valence-corrected chi connectivity index (χ1v) is 9.04. The zero-order chi connectivity index (χ0) is 15.6. The monoisotopic (exact) mass is 306 g/mol. The molecule has 4 heteroatoms. The predicted octanol–water partition coefficient (Wildman–Crippen LogP) is 2.33. The molecule has 0 bridgehead atoms. The fourth-order valence-electron chi connectivity index (χ4n) is 4.55. The van der Waals surface area contributed by atoms with E-state index < -0.39 is 0 Å². The molecule has 0 aromatic carbocycles. The van der Waals surface area contributed by atoms with Gasteiger partial charge in [-0.15, -0.1) is 0 Å². The molecule has 124 valence electrons. The Morgan fingerprint density at radius 3 is 2.05 bits per heavy atom. The van der Waals surface area contributed by atoms with E-state index in [4.69, 9.17) is 0 Å². The Hall–Kier alpha value is -0.900. The van der Waals surface area contributed by atoms with Crippen LogP contribution in [0.1, 0.15) is 51.4 Å². The van der Waals surface area contributed by atoms with E-state index >= 15 is 0 Å². The Bertz CT molecular complexity index is 397. The second-order valence-electron chi connectivity index (χ2n) is 7.88. The van der Waals surface area contributed by atoms with Crippen molar-refractivity contribution in [1.29, 1.82) is 0 Å². The number of likely N-dealkylation sites (tertiary alicyclic amines) is 2. The van der Waals surface area contributed by atoms with Crippen molar-refractivity contribution in [2.75, 3.05) is 33.2 Å². The maximum absolute atomic E-state index is 12.7. The van der Waals surface area contributed by atoms with Crippen LogP contribution in [0.4, 0.5) is 0 Å². The maximum atomic E-state index is 12.7. The highest BCUT2D eigenvalue weighted by Crippen LogP contribution is 2.41. The number of nitrogens with zero attached hydrogens (tertiary/aromatic N) is 2. The van der Waals surface area contributed by atoms with E-state index in [0.29, 0.717) is 11.3 Å². The Morgan fingerprint density at radius 2 is 1.50 bits per heavy atom. The molecule has 22 heavy (non-hydrogen) atoms. The molecule has 1 spiro atoms. The van der Waals surface area contributed by atoms with Crippen molar-refractivity contribution >= 4 is 12.2 Å². The Kier molecular flexibility index (Phi) is 4.86. The first-order valence-electron chi connectivity index (χ1n) is 9.04. The molecule has 3 aliphatic rings. The first kappa shape index (κ1) is 16.0. The quantitative estimate of drug-likeness (QED) is 0.735. The zero-order valence-electron chi connectivity index (χ0n) is 13.9. The summed E-state index contributed by atoms with van der Waals surface area (Å²) in [5.41, 5.74) is 0.512. The van der Waals surface area contributed by atoms with Gasteiger partial charge in [-0.1, -0.05) is 0 Å². The van der Waals surface area contributed by atoms with E-state index in [0.717, 1.165) is 45.1 Å². The summed E-state index contributed by atoms with van der Waals surface area (Å²) < 4.78 is 0. The summed E-state index contributed by atoms with van der Waals surface area (Å²) in [6.45, 7) is 4.33. The van der Waals surface area contributed by atoms with Crippen molar-refractivity contribution in [3.63, 3.8) is 0 Å². The molecule has 1 amide bonds. The molecular weight excluding hydrogens is 276 g/mol. The number of rotatable bonds is 2. The largest absolute Gasteiger partial charge is 0.342 e. The summed E-state index contributed by atoms with van der Waals surface area (Å²) in [6.07, 6.45) is 9.70. The van der Waals surface area contributed by atoms with E-state index in [1.165, 1.54) is 38.8 Å². The first-order chi connectivity index (χ1) is 10.6. The molecule has 0 atom stereocenters. The van der Waals surface area contributed by atoms with Crippen LogP contribution in [0.5, 0.6) is 0 Å². The lowest BCUT2D eigenvalue weighted by molar-refractivity contribution is -0.140. The molecule has 0 aromatic rings. The standard InChI is InChI=1S/C18H30N2O2/c1-19-10-6-18(7-11-19)8-12-20(13-9-18)17(22)16-4-2-15(14-21)3-5-16/h14-16H,2-13H2,1H3. The molecule has 2 heterocycles. The van der Waals surface area contributed by atoms with E-state index in [2.05, 4.69) is 16.8 Å². The minimum atomic E-state index is 0.183. The summed E-state index contributed by atoms with van der Waals surface area (Å²) >= 11 is 0. The van der Waals surface area contributed by atoms with Gasteiger partial charge in [-0.2, -0.15) is 0 Å². The average molecular weight is 306 g/mol. The van der Waals surface area contributed by atoms with Crippen LogP contribution in [0.25, 0.3) is 0 Å². The molecule has 3 fully saturated rings. The van der Waals surface area contributed by atoms with Gasteiger partial charge >= 0.3 is 0 Å². The van der Waals surface area contributed by atoms with Gasteiger partial charge in [-0.25, -0.2) is 0 Å². The molecule has 0 N–H and O–H groups in total. The third-order valence-corrected chi connectivity index (χ3v) is 6.50. The van der Waals surface area contributed by atoms with Gasteiger partial charge in [0.25, 0.3) is 0 Å². The zero-order valence-corrected chi connectivity index (χ0v) is 13.9. The van der Waals surface area contributed by atoms with Crippen molar-refractivity contribution in [3.8, 4) is 0 Å².